The standard InChI is InChI=1S/C9H8Cl2F3N/c10-6-1-5(2-7(11)3-6)8(15)4-9(12,13)14/h1-3,8H,4,15H2. The van der Waals surface area contributed by atoms with Crippen molar-refractivity contribution in [3.8, 4) is 0 Å². The molecular weight excluding hydrogens is 250 g/mol. The lowest BCUT2D eigenvalue weighted by atomic mass is 10.0. The first kappa shape index (κ1) is 12.6. The van der Waals surface area contributed by atoms with Gasteiger partial charge in [0.05, 0.1) is 6.42 Å². The monoisotopic (exact) mass is 257 g/mol. The van der Waals surface area contributed by atoms with Crippen molar-refractivity contribution in [1.29, 1.82) is 0 Å². The van der Waals surface area contributed by atoms with Crippen molar-refractivity contribution in [2.75, 3.05) is 0 Å². The Morgan fingerprint density at radius 3 is 2.00 bits per heavy atom. The topological polar surface area (TPSA) is 26.0 Å². The predicted octanol–water partition coefficient (Wildman–Crippen LogP) is 3.95. The van der Waals surface area contributed by atoms with Gasteiger partial charge in [-0.05, 0) is 23.8 Å². The molecule has 1 nitrogen and oxygen atoms in total. The molecule has 0 bridgehead atoms. The van der Waals surface area contributed by atoms with Gasteiger partial charge in [-0.15, -0.1) is 0 Å². The molecule has 1 rings (SSSR count). The number of hydrogen-bond acceptors (Lipinski definition) is 1. The van der Waals surface area contributed by atoms with E-state index < -0.39 is 18.6 Å². The maximum absolute atomic E-state index is 12.0. The van der Waals surface area contributed by atoms with Crippen LogP contribution < -0.4 is 5.73 Å². The first-order valence-electron chi connectivity index (χ1n) is 4.06. The van der Waals surface area contributed by atoms with E-state index in [0.29, 0.717) is 0 Å². The Morgan fingerprint density at radius 2 is 1.60 bits per heavy atom. The first-order valence-corrected chi connectivity index (χ1v) is 4.82. The van der Waals surface area contributed by atoms with Gasteiger partial charge in [-0.25, -0.2) is 0 Å². The lowest BCUT2D eigenvalue weighted by Crippen LogP contribution is -2.20. The minimum atomic E-state index is -4.30. The molecule has 84 valence electrons. The molecule has 0 heterocycles. The molecule has 0 aliphatic carbocycles. The zero-order valence-corrected chi connectivity index (χ0v) is 9.00. The summed E-state index contributed by atoms with van der Waals surface area (Å²) in [5.41, 5.74) is 5.66. The van der Waals surface area contributed by atoms with Crippen molar-refractivity contribution in [1.82, 2.24) is 0 Å². The summed E-state index contributed by atoms with van der Waals surface area (Å²) in [6.07, 6.45) is -5.39. The molecule has 0 radical (unpaired) electrons. The van der Waals surface area contributed by atoms with Crippen LogP contribution in [0.25, 0.3) is 0 Å². The van der Waals surface area contributed by atoms with Crippen LogP contribution >= 0.6 is 23.2 Å². The molecule has 0 fully saturated rings. The summed E-state index contributed by atoms with van der Waals surface area (Å²) in [5.74, 6) is 0. The van der Waals surface area contributed by atoms with Crippen molar-refractivity contribution < 1.29 is 13.2 Å². The molecule has 2 N–H and O–H groups in total. The second-order valence-corrected chi connectivity index (χ2v) is 4.00. The van der Waals surface area contributed by atoms with Gasteiger partial charge in [-0.1, -0.05) is 23.2 Å². The van der Waals surface area contributed by atoms with Gasteiger partial charge in [0.2, 0.25) is 0 Å². The number of hydrogen-bond donors (Lipinski definition) is 1. The Labute approximate surface area is 95.0 Å². The molecular formula is C9H8Cl2F3N. The van der Waals surface area contributed by atoms with E-state index in [9.17, 15) is 13.2 Å². The summed E-state index contributed by atoms with van der Waals surface area (Å²) in [6.45, 7) is 0. The number of nitrogens with two attached hydrogens (primary N) is 1. The molecule has 0 saturated heterocycles. The lowest BCUT2D eigenvalue weighted by Gasteiger charge is -2.14. The fourth-order valence-corrected chi connectivity index (χ4v) is 1.70. The van der Waals surface area contributed by atoms with Crippen LogP contribution in [0.2, 0.25) is 10.0 Å². The third kappa shape index (κ3) is 4.28. The van der Waals surface area contributed by atoms with Crippen molar-refractivity contribution in [3.05, 3.63) is 33.8 Å². The Balaban J connectivity index is 2.86. The fraction of sp³-hybridized carbons (Fsp3) is 0.333. The summed E-state index contributed by atoms with van der Waals surface area (Å²) in [6, 6.07) is 3.06. The second kappa shape index (κ2) is 4.60. The zero-order valence-electron chi connectivity index (χ0n) is 7.48. The Kier molecular flexibility index (Phi) is 3.87. The van der Waals surface area contributed by atoms with E-state index in [1.165, 1.54) is 18.2 Å². The van der Waals surface area contributed by atoms with Gasteiger partial charge >= 0.3 is 6.18 Å². The van der Waals surface area contributed by atoms with Gasteiger partial charge in [0.1, 0.15) is 0 Å². The van der Waals surface area contributed by atoms with Crippen molar-refractivity contribution in [3.63, 3.8) is 0 Å². The molecule has 1 unspecified atom stereocenters. The smallest absolute Gasteiger partial charge is 0.324 e. The number of rotatable bonds is 2. The van der Waals surface area contributed by atoms with Crippen molar-refractivity contribution >= 4 is 23.2 Å². The third-order valence-corrected chi connectivity index (χ3v) is 2.20. The molecule has 6 heteroatoms. The van der Waals surface area contributed by atoms with Crippen LogP contribution in [0.15, 0.2) is 18.2 Å². The van der Waals surface area contributed by atoms with Crippen LogP contribution in [0.4, 0.5) is 13.2 Å². The summed E-state index contributed by atoms with van der Waals surface area (Å²) >= 11 is 11.3. The minimum Gasteiger partial charge on any atom is -0.324 e. The van der Waals surface area contributed by atoms with Gasteiger partial charge in [-0.2, -0.15) is 13.2 Å². The van der Waals surface area contributed by atoms with E-state index in [1.54, 1.807) is 0 Å². The molecule has 1 aromatic carbocycles. The van der Waals surface area contributed by atoms with E-state index in [2.05, 4.69) is 0 Å². The minimum absolute atomic E-state index is 0.273. The van der Waals surface area contributed by atoms with Gasteiger partial charge in [0.25, 0.3) is 0 Å². The number of benzene rings is 1. The second-order valence-electron chi connectivity index (χ2n) is 3.13. The number of alkyl halides is 3. The van der Waals surface area contributed by atoms with E-state index in [4.69, 9.17) is 28.9 Å². The third-order valence-electron chi connectivity index (χ3n) is 1.76. The molecule has 1 atom stereocenters. The Bertz CT molecular complexity index is 331. The van der Waals surface area contributed by atoms with Crippen LogP contribution in [0.3, 0.4) is 0 Å². The fourth-order valence-electron chi connectivity index (χ4n) is 1.16. The normalized spacial score (nSPS) is 14.0. The summed E-state index contributed by atoms with van der Waals surface area (Å²) in [7, 11) is 0. The lowest BCUT2D eigenvalue weighted by molar-refractivity contribution is -0.138. The molecule has 1 aromatic rings. The Morgan fingerprint density at radius 1 is 1.13 bits per heavy atom. The highest BCUT2D eigenvalue weighted by Gasteiger charge is 2.31. The average Bonchev–Trinajstić information content (AvgIpc) is 1.98. The van der Waals surface area contributed by atoms with Crippen LogP contribution in [-0.4, -0.2) is 6.18 Å². The molecule has 0 aliphatic heterocycles. The van der Waals surface area contributed by atoms with Gasteiger partial charge in [-0.3, -0.25) is 0 Å². The van der Waals surface area contributed by atoms with Crippen LogP contribution in [0.5, 0.6) is 0 Å². The number of halogens is 5. The van der Waals surface area contributed by atoms with Crippen LogP contribution in [-0.2, 0) is 0 Å². The van der Waals surface area contributed by atoms with Gasteiger partial charge in [0, 0.05) is 16.1 Å². The Hall–Kier alpha value is -0.450. The maximum atomic E-state index is 12.0. The van der Waals surface area contributed by atoms with Gasteiger partial charge in [0.15, 0.2) is 0 Å². The quantitative estimate of drug-likeness (QED) is 0.853. The molecule has 15 heavy (non-hydrogen) atoms. The van der Waals surface area contributed by atoms with Crippen molar-refractivity contribution in [2.24, 2.45) is 5.73 Å². The SMILES string of the molecule is NC(CC(F)(F)F)c1cc(Cl)cc(Cl)c1. The average molecular weight is 258 g/mol. The summed E-state index contributed by atoms with van der Waals surface area (Å²) < 4.78 is 36.1. The van der Waals surface area contributed by atoms with E-state index in [0.717, 1.165) is 0 Å². The summed E-state index contributed by atoms with van der Waals surface area (Å²) in [4.78, 5) is 0. The zero-order chi connectivity index (χ0) is 11.6. The highest BCUT2D eigenvalue weighted by atomic mass is 35.5. The molecule has 0 aliphatic rings. The van der Waals surface area contributed by atoms with Gasteiger partial charge < -0.3 is 5.73 Å². The highest BCUT2D eigenvalue weighted by molar-refractivity contribution is 6.34. The maximum Gasteiger partial charge on any atom is 0.390 e. The highest BCUT2D eigenvalue weighted by Crippen LogP contribution is 2.30. The van der Waals surface area contributed by atoms with Crippen LogP contribution in [0.1, 0.15) is 18.0 Å². The van der Waals surface area contributed by atoms with E-state index >= 15 is 0 Å². The van der Waals surface area contributed by atoms with E-state index in [-0.39, 0.29) is 15.6 Å². The molecule has 0 saturated carbocycles. The molecule has 0 amide bonds. The predicted molar refractivity (Wildman–Crippen MR) is 54.1 cm³/mol. The summed E-state index contributed by atoms with van der Waals surface area (Å²) in [5, 5.41) is 0.547. The first-order chi connectivity index (χ1) is 6.78. The molecule has 0 spiro atoms. The molecule has 0 aromatic heterocycles. The van der Waals surface area contributed by atoms with Crippen LogP contribution in [0, 0.1) is 0 Å². The van der Waals surface area contributed by atoms with E-state index in [1.807, 2.05) is 0 Å². The largest absolute Gasteiger partial charge is 0.390 e. The van der Waals surface area contributed by atoms with Crippen molar-refractivity contribution in [2.45, 2.75) is 18.6 Å².